The van der Waals surface area contributed by atoms with Crippen molar-refractivity contribution in [2.75, 3.05) is 18.4 Å². The molecule has 1 aliphatic carbocycles. The number of likely N-dealkylation sites (tertiary alicyclic amines) is 1. The minimum Gasteiger partial charge on any atom is -0.392 e. The molecule has 194 valence electrons. The van der Waals surface area contributed by atoms with Gasteiger partial charge in [0.15, 0.2) is 6.29 Å². The van der Waals surface area contributed by atoms with Crippen molar-refractivity contribution in [3.05, 3.63) is 65.2 Å². The quantitative estimate of drug-likeness (QED) is 0.551. The van der Waals surface area contributed by atoms with Crippen molar-refractivity contribution in [3.63, 3.8) is 0 Å². The zero-order chi connectivity index (χ0) is 25.5. The Labute approximate surface area is 215 Å². The van der Waals surface area contributed by atoms with Gasteiger partial charge in [-0.2, -0.15) is 0 Å². The lowest BCUT2D eigenvalue weighted by atomic mass is 9.65. The SMILES string of the molecule is CC(=O)Nc1ccc([C@H]2O[C@@H](CN3CC4(C)CC3CC(C)(C)C4)C[C@@H](c3ccc(CO)cc3)O2)cc1. The fourth-order valence-electron chi connectivity index (χ4n) is 7.01. The lowest BCUT2D eigenvalue weighted by Gasteiger charge is -2.41. The Bertz CT molecular complexity index is 1070. The molecular weight excluding hydrogens is 452 g/mol. The highest BCUT2D eigenvalue weighted by Crippen LogP contribution is 2.53. The van der Waals surface area contributed by atoms with E-state index in [0.29, 0.717) is 16.9 Å². The normalized spacial score (nSPS) is 31.8. The van der Waals surface area contributed by atoms with Crippen LogP contribution in [0, 0.1) is 10.8 Å². The molecule has 0 aromatic heterocycles. The van der Waals surface area contributed by atoms with Crippen LogP contribution in [-0.4, -0.2) is 41.1 Å². The highest BCUT2D eigenvalue weighted by atomic mass is 16.7. The van der Waals surface area contributed by atoms with Crippen molar-refractivity contribution < 1.29 is 19.4 Å². The molecule has 3 fully saturated rings. The van der Waals surface area contributed by atoms with Crippen LogP contribution in [0.4, 0.5) is 5.69 Å². The summed E-state index contributed by atoms with van der Waals surface area (Å²) in [6, 6.07) is 16.4. The first-order valence-electron chi connectivity index (χ1n) is 13.2. The third-order valence-electron chi connectivity index (χ3n) is 8.08. The maximum Gasteiger partial charge on any atom is 0.221 e. The van der Waals surface area contributed by atoms with Crippen molar-refractivity contribution in [3.8, 4) is 0 Å². The number of carbonyl (C=O) groups is 1. The predicted octanol–water partition coefficient (Wildman–Crippen LogP) is 5.58. The fourth-order valence-corrected chi connectivity index (χ4v) is 7.01. The van der Waals surface area contributed by atoms with Gasteiger partial charge in [-0.15, -0.1) is 0 Å². The van der Waals surface area contributed by atoms with Crippen LogP contribution >= 0.6 is 0 Å². The number of benzene rings is 2. The fraction of sp³-hybridized carbons (Fsp3) is 0.567. The van der Waals surface area contributed by atoms with Gasteiger partial charge in [-0.25, -0.2) is 0 Å². The molecule has 2 saturated heterocycles. The van der Waals surface area contributed by atoms with Gasteiger partial charge in [0.1, 0.15) is 0 Å². The van der Waals surface area contributed by atoms with E-state index in [1.165, 1.54) is 26.2 Å². The molecule has 2 bridgehead atoms. The third kappa shape index (κ3) is 5.67. The van der Waals surface area contributed by atoms with E-state index in [9.17, 15) is 9.90 Å². The number of anilines is 1. The maximum absolute atomic E-state index is 11.4. The van der Waals surface area contributed by atoms with Gasteiger partial charge in [0.05, 0.1) is 18.8 Å². The molecule has 0 radical (unpaired) electrons. The van der Waals surface area contributed by atoms with Gasteiger partial charge in [0.2, 0.25) is 5.91 Å². The first-order valence-corrected chi connectivity index (χ1v) is 13.2. The van der Waals surface area contributed by atoms with Crippen LogP contribution in [0.25, 0.3) is 0 Å². The molecule has 3 aliphatic rings. The molecule has 1 amide bonds. The van der Waals surface area contributed by atoms with Crippen LogP contribution in [-0.2, 0) is 20.9 Å². The number of nitrogens with one attached hydrogen (secondary N) is 1. The molecule has 5 atom stereocenters. The van der Waals surface area contributed by atoms with Crippen molar-refractivity contribution in [2.45, 2.75) is 84.5 Å². The van der Waals surface area contributed by atoms with Gasteiger partial charge in [0.25, 0.3) is 0 Å². The van der Waals surface area contributed by atoms with E-state index in [4.69, 9.17) is 9.47 Å². The molecule has 2 N–H and O–H groups in total. The summed E-state index contributed by atoms with van der Waals surface area (Å²) in [4.78, 5) is 14.1. The Kier molecular flexibility index (Phi) is 6.98. The largest absolute Gasteiger partial charge is 0.392 e. The van der Waals surface area contributed by atoms with E-state index in [1.54, 1.807) is 0 Å². The number of fused-ring (bicyclic) bond motifs is 2. The van der Waals surface area contributed by atoms with Crippen molar-refractivity contribution in [1.82, 2.24) is 4.90 Å². The number of aliphatic hydroxyl groups excluding tert-OH is 1. The summed E-state index contributed by atoms with van der Waals surface area (Å²) in [5.74, 6) is -0.0907. The lowest BCUT2D eigenvalue weighted by Crippen LogP contribution is -2.42. The van der Waals surface area contributed by atoms with Crippen LogP contribution in [0.1, 0.15) is 82.5 Å². The van der Waals surface area contributed by atoms with Crippen LogP contribution < -0.4 is 5.32 Å². The number of nitrogens with zero attached hydrogens (tertiary/aromatic N) is 1. The standard InChI is InChI=1S/C30H40N2O4/c1-20(34)31-24-11-9-23(10-12-24)28-35-26(13-27(36-28)22-7-5-21(17-33)6-8-22)16-32-19-30(4)15-25(32)14-29(2,3)18-30/h5-12,25-28,33H,13-19H2,1-4H3,(H,31,34)/t25?,26-,27+,28+,30?/m1/s1. The zero-order valence-electron chi connectivity index (χ0n) is 22.0. The smallest absolute Gasteiger partial charge is 0.221 e. The molecule has 2 unspecified atom stereocenters. The minimum atomic E-state index is -0.480. The van der Waals surface area contributed by atoms with E-state index in [-0.39, 0.29) is 24.7 Å². The highest BCUT2D eigenvalue weighted by Gasteiger charge is 2.50. The second kappa shape index (κ2) is 9.90. The summed E-state index contributed by atoms with van der Waals surface area (Å²) in [7, 11) is 0. The van der Waals surface area contributed by atoms with Gasteiger partial charge < -0.3 is 19.9 Å². The number of rotatable bonds is 6. The van der Waals surface area contributed by atoms with E-state index in [1.807, 2.05) is 36.4 Å². The van der Waals surface area contributed by atoms with Crippen molar-refractivity contribution in [1.29, 1.82) is 0 Å². The third-order valence-corrected chi connectivity index (χ3v) is 8.08. The molecule has 2 aliphatic heterocycles. The van der Waals surface area contributed by atoms with Gasteiger partial charge in [-0.3, -0.25) is 9.69 Å². The van der Waals surface area contributed by atoms with Crippen LogP contribution in [0.5, 0.6) is 0 Å². The van der Waals surface area contributed by atoms with E-state index in [0.717, 1.165) is 41.9 Å². The summed E-state index contributed by atoms with van der Waals surface area (Å²) in [6.07, 6.45) is 4.07. The van der Waals surface area contributed by atoms with Gasteiger partial charge in [0, 0.05) is 43.7 Å². The molecule has 2 aromatic rings. The average Bonchev–Trinajstić information content (AvgIpc) is 3.06. The van der Waals surface area contributed by atoms with Gasteiger partial charge in [-0.1, -0.05) is 57.2 Å². The number of hydrogen-bond acceptors (Lipinski definition) is 5. The number of aliphatic hydroxyl groups is 1. The number of hydrogen-bond donors (Lipinski definition) is 2. The summed E-state index contributed by atoms with van der Waals surface area (Å²) in [6.45, 7) is 10.9. The molecule has 0 spiro atoms. The van der Waals surface area contributed by atoms with Crippen LogP contribution in [0.3, 0.4) is 0 Å². The Hall–Kier alpha value is -2.25. The highest BCUT2D eigenvalue weighted by molar-refractivity contribution is 5.88. The molecule has 6 nitrogen and oxygen atoms in total. The Morgan fingerprint density at radius 2 is 1.72 bits per heavy atom. The second-order valence-electron chi connectivity index (χ2n) is 12.3. The van der Waals surface area contributed by atoms with E-state index < -0.39 is 6.29 Å². The molecule has 2 aromatic carbocycles. The Morgan fingerprint density at radius 1 is 1.03 bits per heavy atom. The molecule has 2 heterocycles. The van der Waals surface area contributed by atoms with Gasteiger partial charge in [-0.05, 0) is 53.4 Å². The van der Waals surface area contributed by atoms with Gasteiger partial charge >= 0.3 is 0 Å². The first-order chi connectivity index (χ1) is 17.1. The van der Waals surface area contributed by atoms with Crippen molar-refractivity contribution in [2.24, 2.45) is 10.8 Å². The summed E-state index contributed by atoms with van der Waals surface area (Å²) >= 11 is 0. The minimum absolute atomic E-state index is 0.0340. The lowest BCUT2D eigenvalue weighted by molar-refractivity contribution is -0.253. The second-order valence-corrected chi connectivity index (χ2v) is 12.3. The predicted molar refractivity (Wildman–Crippen MR) is 140 cm³/mol. The Balaban J connectivity index is 1.36. The molecule has 6 heteroatoms. The van der Waals surface area contributed by atoms with Crippen molar-refractivity contribution >= 4 is 11.6 Å². The van der Waals surface area contributed by atoms with E-state index in [2.05, 4.69) is 43.1 Å². The zero-order valence-corrected chi connectivity index (χ0v) is 22.0. The Morgan fingerprint density at radius 3 is 2.39 bits per heavy atom. The summed E-state index contributed by atoms with van der Waals surface area (Å²) in [5, 5.41) is 12.3. The topological polar surface area (TPSA) is 71.0 Å². The molecule has 1 saturated carbocycles. The average molecular weight is 493 g/mol. The monoisotopic (exact) mass is 492 g/mol. The summed E-state index contributed by atoms with van der Waals surface area (Å²) < 4.78 is 13.1. The molecule has 36 heavy (non-hydrogen) atoms. The first kappa shape index (κ1) is 25.4. The van der Waals surface area contributed by atoms with Crippen LogP contribution in [0.2, 0.25) is 0 Å². The van der Waals surface area contributed by atoms with Crippen LogP contribution in [0.15, 0.2) is 48.5 Å². The van der Waals surface area contributed by atoms with E-state index >= 15 is 0 Å². The molecular formula is C30H40N2O4. The summed E-state index contributed by atoms with van der Waals surface area (Å²) in [5.41, 5.74) is 4.48. The number of ether oxygens (including phenoxy) is 2. The number of amides is 1. The maximum atomic E-state index is 11.4. The molecule has 5 rings (SSSR count). The number of carbonyl (C=O) groups excluding carboxylic acids is 1.